The molecule has 0 bridgehead atoms. The van der Waals surface area contributed by atoms with Crippen molar-refractivity contribution in [3.05, 3.63) is 54.5 Å². The van der Waals surface area contributed by atoms with Gasteiger partial charge in [0.05, 0.1) is 0 Å². The van der Waals surface area contributed by atoms with Gasteiger partial charge in [-0.05, 0) is 36.6 Å². The molecule has 2 aromatic heterocycles. The lowest BCUT2D eigenvalue weighted by atomic mass is 9.89. The zero-order valence-electron chi connectivity index (χ0n) is 17.8. The van der Waals surface area contributed by atoms with Crippen LogP contribution in [0, 0.1) is 0 Å². The average Bonchev–Trinajstić information content (AvgIpc) is 3.33. The molecule has 1 N–H and O–H groups in total. The first kappa shape index (κ1) is 20.8. The Morgan fingerprint density at radius 2 is 1.97 bits per heavy atom. The van der Waals surface area contributed by atoms with Crippen LogP contribution in [0.15, 0.2) is 48.8 Å². The fourth-order valence-electron chi connectivity index (χ4n) is 4.71. The number of para-hydroxylation sites is 1. The highest BCUT2D eigenvalue weighted by Gasteiger charge is 2.39. The third-order valence-corrected chi connectivity index (χ3v) is 7.50. The normalized spacial score (nSPS) is 21.5. The predicted molar refractivity (Wildman–Crippen MR) is 124 cm³/mol. The number of hydrogen-bond donors (Lipinski definition) is 1. The second-order valence-corrected chi connectivity index (χ2v) is 9.50. The number of nitrogens with one attached hydrogen (secondary N) is 1. The first-order chi connectivity index (χ1) is 15.5. The molecular weight excluding hydrogens is 424 g/mol. The van der Waals surface area contributed by atoms with E-state index in [1.54, 1.807) is 12.4 Å². The molecular formula is C24H24N4O3S. The maximum Gasteiger partial charge on any atom is 0.288 e. The number of thioether (sulfide) groups is 1. The van der Waals surface area contributed by atoms with E-state index in [1.807, 2.05) is 29.2 Å². The van der Waals surface area contributed by atoms with Crippen LogP contribution >= 0.6 is 11.8 Å². The molecule has 0 saturated carbocycles. The number of aromatic nitrogens is 2. The van der Waals surface area contributed by atoms with Gasteiger partial charge in [0.25, 0.3) is 5.24 Å². The van der Waals surface area contributed by atoms with E-state index in [0.717, 1.165) is 57.2 Å². The molecule has 0 unspecified atom stereocenters. The first-order valence-electron chi connectivity index (χ1n) is 10.8. The summed E-state index contributed by atoms with van der Waals surface area (Å²) in [6, 6.07) is 12.3. The number of benzene rings is 1. The molecule has 2 fully saturated rings. The fraction of sp³-hybridized carbons (Fsp3) is 0.333. The summed E-state index contributed by atoms with van der Waals surface area (Å²) in [6.45, 7) is 1.27. The van der Waals surface area contributed by atoms with Crippen LogP contribution in [0.5, 0.6) is 0 Å². The number of imide groups is 1. The van der Waals surface area contributed by atoms with Crippen LogP contribution in [0.2, 0.25) is 0 Å². The Hall–Kier alpha value is -3.13. The number of hydrogen-bond acceptors (Lipinski definition) is 5. The Morgan fingerprint density at radius 1 is 1.19 bits per heavy atom. The summed E-state index contributed by atoms with van der Waals surface area (Å²) in [4.78, 5) is 47.8. The number of rotatable bonds is 4. The molecule has 5 rings (SSSR count). The van der Waals surface area contributed by atoms with Crippen molar-refractivity contribution < 1.29 is 14.4 Å². The van der Waals surface area contributed by atoms with Crippen molar-refractivity contribution in [2.45, 2.75) is 30.4 Å². The number of pyridine rings is 1. The molecule has 3 amide bonds. The average molecular weight is 449 g/mol. The summed E-state index contributed by atoms with van der Waals surface area (Å²) in [7, 11) is 1.47. The number of aromatic amines is 1. The second kappa shape index (κ2) is 8.43. The number of carbonyl (C=O) groups is 3. The van der Waals surface area contributed by atoms with Gasteiger partial charge in [-0.1, -0.05) is 30.0 Å². The van der Waals surface area contributed by atoms with Gasteiger partial charge in [-0.2, -0.15) is 0 Å². The number of nitrogens with zero attached hydrogens (tertiary/aromatic N) is 3. The lowest BCUT2D eigenvalue weighted by Gasteiger charge is -2.33. The van der Waals surface area contributed by atoms with Crippen LogP contribution in [0.25, 0.3) is 22.0 Å². The van der Waals surface area contributed by atoms with Gasteiger partial charge in [-0.15, -0.1) is 0 Å². The van der Waals surface area contributed by atoms with Crippen molar-refractivity contribution in [1.82, 2.24) is 19.8 Å². The summed E-state index contributed by atoms with van der Waals surface area (Å²) in [6.07, 6.45) is 5.54. The highest BCUT2D eigenvalue weighted by atomic mass is 32.2. The van der Waals surface area contributed by atoms with Gasteiger partial charge in [0.1, 0.15) is 5.25 Å². The van der Waals surface area contributed by atoms with Crippen LogP contribution in [0.4, 0.5) is 4.79 Å². The minimum Gasteiger partial charge on any atom is -0.358 e. The Labute approximate surface area is 190 Å². The van der Waals surface area contributed by atoms with Gasteiger partial charge in [-0.25, -0.2) is 0 Å². The summed E-state index contributed by atoms with van der Waals surface area (Å²) in [5.41, 5.74) is 4.48. The summed E-state index contributed by atoms with van der Waals surface area (Å²) in [5.74, 6) is -0.178. The van der Waals surface area contributed by atoms with E-state index in [9.17, 15) is 14.4 Å². The molecule has 0 aliphatic carbocycles. The van der Waals surface area contributed by atoms with Gasteiger partial charge in [-0.3, -0.25) is 24.3 Å². The van der Waals surface area contributed by atoms with E-state index >= 15 is 0 Å². The van der Waals surface area contributed by atoms with Crippen LogP contribution in [0.1, 0.15) is 30.9 Å². The molecule has 2 aliphatic rings. The number of piperidine rings is 1. The van der Waals surface area contributed by atoms with E-state index in [-0.39, 0.29) is 29.4 Å². The maximum absolute atomic E-state index is 13.0. The van der Waals surface area contributed by atoms with Crippen LogP contribution in [0.3, 0.4) is 0 Å². The largest absolute Gasteiger partial charge is 0.358 e. The minimum atomic E-state index is -0.610. The Bertz CT molecular complexity index is 1190. The quantitative estimate of drug-likeness (QED) is 0.652. The molecule has 2 atom stereocenters. The van der Waals surface area contributed by atoms with Gasteiger partial charge in [0.2, 0.25) is 11.8 Å². The van der Waals surface area contributed by atoms with Crippen molar-refractivity contribution >= 4 is 39.7 Å². The SMILES string of the molecule is CN1C(=O)S[C@H](CC(=O)N2CCC[C@@H](c3[nH]c4ccccc4c3-c3ccncc3)C2)C1=O. The molecule has 4 heterocycles. The third-order valence-electron chi connectivity index (χ3n) is 6.37. The zero-order valence-corrected chi connectivity index (χ0v) is 18.6. The molecule has 2 saturated heterocycles. The Morgan fingerprint density at radius 3 is 2.72 bits per heavy atom. The number of amides is 3. The molecule has 8 heteroatoms. The molecule has 0 radical (unpaired) electrons. The molecule has 0 spiro atoms. The van der Waals surface area contributed by atoms with Gasteiger partial charge >= 0.3 is 0 Å². The van der Waals surface area contributed by atoms with Crippen LogP contribution in [-0.2, 0) is 9.59 Å². The van der Waals surface area contributed by atoms with E-state index in [1.165, 1.54) is 7.05 Å². The standard InChI is InChI=1S/C24H24N4O3S/c1-27-23(30)19(32-24(27)31)13-20(29)28-12-4-5-16(14-28)22-21(15-8-10-25-11-9-15)17-6-2-3-7-18(17)26-22/h2-3,6-11,16,19,26H,4-5,12-14H2,1H3/t16-,19-/m1/s1. The zero-order chi connectivity index (χ0) is 22.2. The molecule has 164 valence electrons. The van der Waals surface area contributed by atoms with E-state index in [4.69, 9.17) is 0 Å². The van der Waals surface area contributed by atoms with Crippen LogP contribution in [-0.4, -0.2) is 62.2 Å². The van der Waals surface area contributed by atoms with Crippen molar-refractivity contribution in [2.24, 2.45) is 0 Å². The lowest BCUT2D eigenvalue weighted by Crippen LogP contribution is -2.41. The van der Waals surface area contributed by atoms with Gasteiger partial charge < -0.3 is 9.88 Å². The highest BCUT2D eigenvalue weighted by Crippen LogP contribution is 2.39. The monoisotopic (exact) mass is 448 g/mol. The second-order valence-electron chi connectivity index (χ2n) is 8.35. The van der Waals surface area contributed by atoms with E-state index in [0.29, 0.717) is 13.1 Å². The van der Waals surface area contributed by atoms with Crippen molar-refractivity contribution in [3.63, 3.8) is 0 Å². The lowest BCUT2D eigenvalue weighted by molar-refractivity contribution is -0.135. The topological polar surface area (TPSA) is 86.4 Å². The first-order valence-corrected chi connectivity index (χ1v) is 11.7. The fourth-order valence-corrected chi connectivity index (χ4v) is 5.69. The third kappa shape index (κ3) is 3.68. The predicted octanol–water partition coefficient (Wildman–Crippen LogP) is 4.02. The van der Waals surface area contributed by atoms with Crippen molar-refractivity contribution in [3.8, 4) is 11.1 Å². The molecule has 3 aromatic rings. The molecule has 2 aliphatic heterocycles. The van der Waals surface area contributed by atoms with E-state index in [2.05, 4.69) is 22.1 Å². The van der Waals surface area contributed by atoms with E-state index < -0.39 is 5.25 Å². The molecule has 7 nitrogen and oxygen atoms in total. The number of carbonyl (C=O) groups excluding carboxylic acids is 3. The number of H-pyrrole nitrogens is 1. The number of fused-ring (bicyclic) bond motifs is 1. The minimum absolute atomic E-state index is 0.0646. The number of likely N-dealkylation sites (tertiary alicyclic amines) is 1. The highest BCUT2D eigenvalue weighted by molar-refractivity contribution is 8.15. The summed E-state index contributed by atoms with van der Waals surface area (Å²) in [5, 5.41) is 0.261. The Balaban J connectivity index is 1.41. The van der Waals surface area contributed by atoms with Crippen molar-refractivity contribution in [2.75, 3.05) is 20.1 Å². The van der Waals surface area contributed by atoms with Gasteiger partial charge in [0.15, 0.2) is 0 Å². The molecule has 1 aromatic carbocycles. The summed E-state index contributed by atoms with van der Waals surface area (Å²) < 4.78 is 0. The molecule has 32 heavy (non-hydrogen) atoms. The Kier molecular flexibility index (Phi) is 5.46. The van der Waals surface area contributed by atoms with Crippen LogP contribution < -0.4 is 0 Å². The van der Waals surface area contributed by atoms with Gasteiger partial charge in [0, 0.05) is 67.0 Å². The maximum atomic E-state index is 13.0. The smallest absolute Gasteiger partial charge is 0.288 e. The summed E-state index contributed by atoms with van der Waals surface area (Å²) >= 11 is 0.952. The van der Waals surface area contributed by atoms with Crippen molar-refractivity contribution in [1.29, 1.82) is 0 Å².